The summed E-state index contributed by atoms with van der Waals surface area (Å²) < 4.78 is 15.9. The number of amides is 4. The number of carbonyl (C=O) groups is 4. The van der Waals surface area contributed by atoms with Gasteiger partial charge in [0.25, 0.3) is 0 Å². The quantitative estimate of drug-likeness (QED) is 0.474. The minimum Gasteiger partial charge on any atom is -0.467 e. The van der Waals surface area contributed by atoms with Crippen LogP contribution in [0.25, 0.3) is 0 Å². The van der Waals surface area contributed by atoms with Gasteiger partial charge in [-0.3, -0.25) is 4.90 Å². The average molecular weight is 515 g/mol. The number of carbonyl (C=O) groups excluding carboxylic acids is 4. The van der Waals surface area contributed by atoms with E-state index in [1.54, 1.807) is 25.7 Å². The van der Waals surface area contributed by atoms with Crippen molar-refractivity contribution in [2.45, 2.75) is 75.4 Å². The maximum atomic E-state index is 13.4. The first-order chi connectivity index (χ1) is 17.5. The van der Waals surface area contributed by atoms with Crippen LogP contribution in [0.2, 0.25) is 0 Å². The Bertz CT molecular complexity index is 1080. The second kappa shape index (κ2) is 8.81. The van der Waals surface area contributed by atoms with Gasteiger partial charge in [0.05, 0.1) is 24.2 Å². The maximum Gasteiger partial charge on any atom is 0.411 e. The third-order valence-electron chi connectivity index (χ3n) is 7.75. The molecule has 3 aliphatic carbocycles. The molecule has 2 bridgehead atoms. The molecule has 5 fully saturated rings. The summed E-state index contributed by atoms with van der Waals surface area (Å²) >= 11 is 0. The number of benzene rings is 1. The van der Waals surface area contributed by atoms with Crippen molar-refractivity contribution in [3.05, 3.63) is 35.9 Å². The van der Waals surface area contributed by atoms with Gasteiger partial charge in [0.2, 0.25) is 0 Å². The van der Waals surface area contributed by atoms with Crippen molar-refractivity contribution in [1.29, 1.82) is 0 Å². The van der Waals surface area contributed by atoms with E-state index in [1.165, 1.54) is 12.0 Å². The number of alkyl carbamates (subject to hydrolysis) is 1. The van der Waals surface area contributed by atoms with Gasteiger partial charge in [0.15, 0.2) is 6.04 Å². The van der Waals surface area contributed by atoms with E-state index in [1.807, 2.05) is 35.2 Å². The van der Waals surface area contributed by atoms with E-state index >= 15 is 0 Å². The number of rotatable bonds is 5. The number of esters is 1. The fourth-order valence-electron chi connectivity index (χ4n) is 6.21. The number of hydrogen-bond acceptors (Lipinski definition) is 7. The monoisotopic (exact) mass is 514 g/mol. The third kappa shape index (κ3) is 4.44. The molecular weight excluding hydrogens is 480 g/mol. The van der Waals surface area contributed by atoms with Crippen LogP contribution in [0, 0.1) is 0 Å². The summed E-state index contributed by atoms with van der Waals surface area (Å²) in [6.07, 6.45) is 0.819. The molecule has 3 saturated carbocycles. The Balaban J connectivity index is 1.21. The minimum absolute atomic E-state index is 0.150. The highest BCUT2D eigenvalue weighted by molar-refractivity contribution is 5.87. The molecule has 4 amide bonds. The lowest BCUT2D eigenvalue weighted by molar-refractivity contribution is -0.156. The molecule has 0 spiro atoms. The van der Waals surface area contributed by atoms with Crippen molar-refractivity contribution >= 4 is 24.2 Å². The number of piperazine rings is 1. The number of fused-ring (bicyclic) bond motifs is 1. The Hall–Kier alpha value is -3.50. The van der Waals surface area contributed by atoms with Crippen LogP contribution in [-0.2, 0) is 25.6 Å². The number of nitrogens with zero attached hydrogens (tertiary/aromatic N) is 3. The zero-order valence-electron chi connectivity index (χ0n) is 21.7. The molecule has 1 N–H and O–H groups in total. The average Bonchev–Trinajstić information content (AvgIpc) is 3.13. The van der Waals surface area contributed by atoms with E-state index in [-0.39, 0.29) is 30.3 Å². The van der Waals surface area contributed by atoms with Crippen LogP contribution in [-0.4, -0.2) is 94.4 Å². The van der Waals surface area contributed by atoms with Crippen molar-refractivity contribution in [3.8, 4) is 0 Å². The van der Waals surface area contributed by atoms with Crippen molar-refractivity contribution < 1.29 is 33.4 Å². The fraction of sp³-hybridized carbons (Fsp3) is 0.615. The van der Waals surface area contributed by atoms with Crippen molar-refractivity contribution in [2.75, 3.05) is 26.7 Å². The molecule has 2 atom stereocenters. The molecule has 2 heterocycles. The van der Waals surface area contributed by atoms with E-state index in [9.17, 15) is 19.2 Å². The maximum absolute atomic E-state index is 13.4. The molecule has 6 rings (SSSR count). The number of methoxy groups -OCH3 is 1. The van der Waals surface area contributed by atoms with Crippen LogP contribution in [0.1, 0.15) is 45.6 Å². The van der Waals surface area contributed by atoms with Gasteiger partial charge in [-0.25, -0.2) is 19.2 Å². The molecule has 0 radical (unpaired) electrons. The minimum atomic E-state index is -0.949. The highest BCUT2D eigenvalue weighted by Gasteiger charge is 2.74. The highest BCUT2D eigenvalue weighted by atomic mass is 16.6. The van der Waals surface area contributed by atoms with Gasteiger partial charge < -0.3 is 29.3 Å². The second-order valence-electron chi connectivity index (χ2n) is 11.5. The van der Waals surface area contributed by atoms with E-state index in [2.05, 4.69) is 5.32 Å². The van der Waals surface area contributed by atoms with Gasteiger partial charge in [0.1, 0.15) is 12.2 Å². The van der Waals surface area contributed by atoms with Gasteiger partial charge in [-0.2, -0.15) is 0 Å². The predicted octanol–water partition coefficient (Wildman–Crippen LogP) is 2.49. The largest absolute Gasteiger partial charge is 0.467 e. The lowest BCUT2D eigenvalue weighted by atomic mass is 9.43. The molecule has 200 valence electrons. The standard InChI is InChI=1S/C26H34N4O7/c1-24(2,3)37-23(34)29-11-10-28-18(19(29)20(31)35-4)12-30(22(28)33)26-14-25(15-26,16-26)27-21(32)36-13-17-8-6-5-7-9-17/h5-9,18-19H,10-16H2,1-4H3,(H,27,32)/t18-,19+,25?,26?/m1/s1. The Labute approximate surface area is 216 Å². The molecule has 0 aromatic heterocycles. The van der Waals surface area contributed by atoms with E-state index in [4.69, 9.17) is 14.2 Å². The summed E-state index contributed by atoms with van der Waals surface area (Å²) in [6, 6.07) is 7.83. The van der Waals surface area contributed by atoms with E-state index < -0.39 is 35.8 Å². The van der Waals surface area contributed by atoms with Gasteiger partial charge in [0, 0.05) is 19.6 Å². The third-order valence-corrected chi connectivity index (χ3v) is 7.75. The van der Waals surface area contributed by atoms with Crippen LogP contribution < -0.4 is 5.32 Å². The lowest BCUT2D eigenvalue weighted by Crippen LogP contribution is -2.84. The topological polar surface area (TPSA) is 118 Å². The zero-order valence-corrected chi connectivity index (χ0v) is 21.7. The summed E-state index contributed by atoms with van der Waals surface area (Å²) in [5.41, 5.74) is -0.548. The highest BCUT2D eigenvalue weighted by Crippen LogP contribution is 2.64. The Kier molecular flexibility index (Phi) is 5.99. The molecule has 1 aromatic carbocycles. The second-order valence-corrected chi connectivity index (χ2v) is 11.5. The first-order valence-electron chi connectivity index (χ1n) is 12.6. The molecule has 37 heavy (non-hydrogen) atoms. The fourth-order valence-corrected chi connectivity index (χ4v) is 6.21. The summed E-state index contributed by atoms with van der Waals surface area (Å²) in [7, 11) is 1.27. The number of nitrogens with one attached hydrogen (secondary N) is 1. The van der Waals surface area contributed by atoms with Crippen LogP contribution in [0.3, 0.4) is 0 Å². The molecule has 5 aliphatic rings. The lowest BCUT2D eigenvalue weighted by Gasteiger charge is -2.72. The van der Waals surface area contributed by atoms with Crippen molar-refractivity contribution in [2.24, 2.45) is 0 Å². The van der Waals surface area contributed by atoms with Gasteiger partial charge >= 0.3 is 24.2 Å². The predicted molar refractivity (Wildman–Crippen MR) is 130 cm³/mol. The molecule has 0 unspecified atom stereocenters. The Morgan fingerprint density at radius 1 is 1.08 bits per heavy atom. The smallest absolute Gasteiger partial charge is 0.411 e. The molecule has 2 saturated heterocycles. The zero-order chi connectivity index (χ0) is 26.6. The summed E-state index contributed by atoms with van der Waals surface area (Å²) in [5.74, 6) is -0.577. The molecule has 1 aromatic rings. The molecular formula is C26H34N4O7. The summed E-state index contributed by atoms with van der Waals surface area (Å²) in [6.45, 7) is 6.26. The number of ether oxygens (including phenoxy) is 3. The van der Waals surface area contributed by atoms with E-state index in [0.29, 0.717) is 32.4 Å². The van der Waals surface area contributed by atoms with Crippen LogP contribution in [0.5, 0.6) is 0 Å². The summed E-state index contributed by atoms with van der Waals surface area (Å²) in [4.78, 5) is 56.3. The SMILES string of the molecule is COC(=O)[C@@H]1[C@H]2CN(C34CC(NC(=O)OCc5ccccc5)(C3)C4)C(=O)N2CCN1C(=O)OC(C)(C)C. The van der Waals surface area contributed by atoms with Gasteiger partial charge in [-0.05, 0) is 45.6 Å². The van der Waals surface area contributed by atoms with Crippen LogP contribution in [0.4, 0.5) is 14.4 Å². The Morgan fingerprint density at radius 2 is 1.76 bits per heavy atom. The molecule has 11 heteroatoms. The Morgan fingerprint density at radius 3 is 2.38 bits per heavy atom. The number of urea groups is 1. The molecule has 2 aliphatic heterocycles. The normalized spacial score (nSPS) is 30.1. The van der Waals surface area contributed by atoms with Crippen molar-refractivity contribution in [3.63, 3.8) is 0 Å². The number of hydrogen-bond donors (Lipinski definition) is 1. The van der Waals surface area contributed by atoms with E-state index in [0.717, 1.165) is 5.56 Å². The van der Waals surface area contributed by atoms with Gasteiger partial charge in [-0.1, -0.05) is 30.3 Å². The van der Waals surface area contributed by atoms with Crippen LogP contribution >= 0.6 is 0 Å². The first kappa shape index (κ1) is 25.2. The summed E-state index contributed by atoms with van der Waals surface area (Å²) in [5, 5.41) is 2.98. The first-order valence-corrected chi connectivity index (χ1v) is 12.6. The van der Waals surface area contributed by atoms with Crippen molar-refractivity contribution in [1.82, 2.24) is 20.0 Å². The van der Waals surface area contributed by atoms with Gasteiger partial charge in [-0.15, -0.1) is 0 Å². The molecule has 11 nitrogen and oxygen atoms in total. The van der Waals surface area contributed by atoms with Crippen LogP contribution in [0.15, 0.2) is 30.3 Å².